The Balaban J connectivity index is 2.28. The van der Waals surface area contributed by atoms with E-state index in [2.05, 4.69) is 19.9 Å². The molecule has 0 saturated carbocycles. The fraction of sp³-hybridized carbons (Fsp3) is 0.111. The molecule has 1 aromatic carbocycles. The Hall–Kier alpha value is -2.09. The van der Waals surface area contributed by atoms with E-state index in [1.54, 1.807) is 12.1 Å². The standard InChI is InChI=1S/C9H11N5O2S/c1-6-2-4-7(5-3-6)17(15,16)14-9-11-8(10)12-13-9/h2-5H,1H3,(H4,10,11,12,13,14). The maximum Gasteiger partial charge on any atom is 0.264 e. The molecule has 17 heavy (non-hydrogen) atoms. The van der Waals surface area contributed by atoms with Gasteiger partial charge in [-0.2, -0.15) is 4.98 Å². The molecular formula is C9H11N5O2S. The average Bonchev–Trinajstić information content (AvgIpc) is 2.63. The summed E-state index contributed by atoms with van der Waals surface area (Å²) in [5.74, 6) is -0.0327. The number of nitrogens with one attached hydrogen (secondary N) is 2. The quantitative estimate of drug-likeness (QED) is 0.736. The number of nitrogen functional groups attached to an aromatic ring is 1. The Morgan fingerprint density at radius 2 is 1.94 bits per heavy atom. The SMILES string of the molecule is Cc1ccc(S(=O)(=O)Nc2n[nH]c(N)n2)cc1. The molecule has 0 spiro atoms. The molecule has 0 aliphatic carbocycles. The molecule has 0 fully saturated rings. The smallest absolute Gasteiger partial charge is 0.264 e. The van der Waals surface area contributed by atoms with Crippen molar-refractivity contribution in [2.24, 2.45) is 0 Å². The molecule has 8 heteroatoms. The number of anilines is 2. The van der Waals surface area contributed by atoms with Gasteiger partial charge in [-0.3, -0.25) is 0 Å². The zero-order valence-electron chi connectivity index (χ0n) is 9.01. The Bertz CT molecular complexity index is 617. The Kier molecular flexibility index (Phi) is 2.72. The van der Waals surface area contributed by atoms with Crippen LogP contribution < -0.4 is 10.5 Å². The second-order valence-electron chi connectivity index (χ2n) is 3.46. The lowest BCUT2D eigenvalue weighted by molar-refractivity contribution is 0.601. The van der Waals surface area contributed by atoms with Crippen LogP contribution in [0.25, 0.3) is 0 Å². The minimum absolute atomic E-state index is 0.0478. The van der Waals surface area contributed by atoms with Gasteiger partial charge in [0.05, 0.1) is 4.90 Å². The predicted octanol–water partition coefficient (Wildman–Crippen LogP) is 0.496. The molecule has 0 saturated heterocycles. The summed E-state index contributed by atoms with van der Waals surface area (Å²) in [7, 11) is -3.67. The number of benzene rings is 1. The van der Waals surface area contributed by atoms with Crippen molar-refractivity contribution in [3.8, 4) is 0 Å². The van der Waals surface area contributed by atoms with Crippen molar-refractivity contribution >= 4 is 21.9 Å². The highest BCUT2D eigenvalue weighted by Gasteiger charge is 2.15. The van der Waals surface area contributed by atoms with Crippen molar-refractivity contribution in [3.63, 3.8) is 0 Å². The van der Waals surface area contributed by atoms with E-state index in [0.29, 0.717) is 0 Å². The third-order valence-electron chi connectivity index (χ3n) is 2.06. The summed E-state index contributed by atoms with van der Waals surface area (Å²) in [4.78, 5) is 3.80. The first kappa shape index (κ1) is 11.4. The minimum Gasteiger partial charge on any atom is -0.368 e. The molecule has 2 aromatic rings. The summed E-state index contributed by atoms with van der Waals surface area (Å²) in [6, 6.07) is 6.43. The Morgan fingerprint density at radius 1 is 1.29 bits per heavy atom. The predicted molar refractivity (Wildman–Crippen MR) is 62.8 cm³/mol. The number of rotatable bonds is 3. The van der Waals surface area contributed by atoms with E-state index in [1.807, 2.05) is 6.92 Å². The van der Waals surface area contributed by atoms with E-state index in [0.717, 1.165) is 5.56 Å². The number of H-pyrrole nitrogens is 1. The molecule has 0 aliphatic rings. The first-order chi connectivity index (χ1) is 7.97. The lowest BCUT2D eigenvalue weighted by atomic mass is 10.2. The van der Waals surface area contributed by atoms with Crippen LogP contribution in [0.1, 0.15) is 5.56 Å². The Morgan fingerprint density at radius 3 is 2.47 bits per heavy atom. The monoisotopic (exact) mass is 253 g/mol. The van der Waals surface area contributed by atoms with Gasteiger partial charge in [0.25, 0.3) is 16.0 Å². The van der Waals surface area contributed by atoms with Crippen molar-refractivity contribution in [2.45, 2.75) is 11.8 Å². The van der Waals surface area contributed by atoms with Crippen molar-refractivity contribution in [2.75, 3.05) is 10.5 Å². The first-order valence-electron chi connectivity index (χ1n) is 4.75. The molecule has 90 valence electrons. The lowest BCUT2D eigenvalue weighted by Gasteiger charge is -2.04. The largest absolute Gasteiger partial charge is 0.368 e. The van der Waals surface area contributed by atoms with Gasteiger partial charge in [-0.05, 0) is 19.1 Å². The zero-order valence-corrected chi connectivity index (χ0v) is 9.82. The lowest BCUT2D eigenvalue weighted by Crippen LogP contribution is -2.13. The van der Waals surface area contributed by atoms with Gasteiger partial charge in [0.1, 0.15) is 0 Å². The molecule has 0 bridgehead atoms. The van der Waals surface area contributed by atoms with Crippen molar-refractivity contribution in [1.82, 2.24) is 15.2 Å². The van der Waals surface area contributed by atoms with Crippen LogP contribution in [-0.2, 0) is 10.0 Å². The van der Waals surface area contributed by atoms with E-state index in [-0.39, 0.29) is 16.8 Å². The van der Waals surface area contributed by atoms with E-state index in [1.165, 1.54) is 12.1 Å². The molecular weight excluding hydrogens is 242 g/mol. The van der Waals surface area contributed by atoms with Crippen LogP contribution in [0.15, 0.2) is 29.2 Å². The van der Waals surface area contributed by atoms with Gasteiger partial charge in [0.2, 0.25) is 5.95 Å². The fourth-order valence-corrected chi connectivity index (χ4v) is 2.16. The first-order valence-corrected chi connectivity index (χ1v) is 6.23. The zero-order chi connectivity index (χ0) is 12.5. The molecule has 0 unspecified atom stereocenters. The van der Waals surface area contributed by atoms with Gasteiger partial charge in [-0.15, -0.1) is 5.10 Å². The van der Waals surface area contributed by atoms with E-state index in [4.69, 9.17) is 5.73 Å². The molecule has 0 aliphatic heterocycles. The highest BCUT2D eigenvalue weighted by molar-refractivity contribution is 7.92. The van der Waals surface area contributed by atoms with Crippen LogP contribution in [0.3, 0.4) is 0 Å². The van der Waals surface area contributed by atoms with Gasteiger partial charge >= 0.3 is 0 Å². The van der Waals surface area contributed by atoms with Crippen LogP contribution in [0.5, 0.6) is 0 Å². The number of hydrogen-bond donors (Lipinski definition) is 3. The number of nitrogens with two attached hydrogens (primary N) is 1. The van der Waals surface area contributed by atoms with Crippen LogP contribution in [0.2, 0.25) is 0 Å². The van der Waals surface area contributed by atoms with Gasteiger partial charge in [0, 0.05) is 0 Å². The molecule has 0 atom stereocenters. The van der Waals surface area contributed by atoms with Crippen LogP contribution in [0.4, 0.5) is 11.9 Å². The van der Waals surface area contributed by atoms with E-state index < -0.39 is 10.0 Å². The number of nitrogens with zero attached hydrogens (tertiary/aromatic N) is 2. The van der Waals surface area contributed by atoms with Gasteiger partial charge in [0.15, 0.2) is 0 Å². The van der Waals surface area contributed by atoms with Gasteiger partial charge in [-0.1, -0.05) is 17.7 Å². The van der Waals surface area contributed by atoms with Gasteiger partial charge in [-0.25, -0.2) is 18.2 Å². The topological polar surface area (TPSA) is 114 Å². The van der Waals surface area contributed by atoms with Crippen molar-refractivity contribution in [1.29, 1.82) is 0 Å². The summed E-state index contributed by atoms with van der Waals surface area (Å²) < 4.78 is 26.0. The van der Waals surface area contributed by atoms with Gasteiger partial charge < -0.3 is 5.73 Å². The number of aryl methyl sites for hydroxylation is 1. The number of hydrogen-bond acceptors (Lipinski definition) is 5. The second-order valence-corrected chi connectivity index (χ2v) is 5.15. The van der Waals surface area contributed by atoms with Crippen LogP contribution >= 0.6 is 0 Å². The summed E-state index contributed by atoms with van der Waals surface area (Å²) >= 11 is 0. The van der Waals surface area contributed by atoms with Crippen LogP contribution in [-0.4, -0.2) is 23.6 Å². The molecule has 4 N–H and O–H groups in total. The molecule has 0 radical (unpaired) electrons. The molecule has 1 heterocycles. The molecule has 2 rings (SSSR count). The maximum absolute atomic E-state index is 11.9. The van der Waals surface area contributed by atoms with Crippen molar-refractivity contribution in [3.05, 3.63) is 29.8 Å². The number of aromatic amines is 1. The third kappa shape index (κ3) is 2.53. The highest BCUT2D eigenvalue weighted by atomic mass is 32.2. The van der Waals surface area contributed by atoms with E-state index in [9.17, 15) is 8.42 Å². The molecule has 7 nitrogen and oxygen atoms in total. The molecule has 1 aromatic heterocycles. The summed E-state index contributed by atoms with van der Waals surface area (Å²) in [5.41, 5.74) is 6.27. The maximum atomic E-state index is 11.9. The summed E-state index contributed by atoms with van der Waals surface area (Å²) in [6.07, 6.45) is 0. The second kappa shape index (κ2) is 4.06. The normalized spacial score (nSPS) is 11.4. The number of sulfonamides is 1. The average molecular weight is 253 g/mol. The minimum atomic E-state index is -3.67. The summed E-state index contributed by atoms with van der Waals surface area (Å²) in [5, 5.41) is 5.93. The van der Waals surface area contributed by atoms with Crippen molar-refractivity contribution < 1.29 is 8.42 Å². The number of aromatic nitrogens is 3. The molecule has 0 amide bonds. The fourth-order valence-electron chi connectivity index (χ4n) is 1.22. The Labute approximate surface area is 98.1 Å². The van der Waals surface area contributed by atoms with E-state index >= 15 is 0 Å². The van der Waals surface area contributed by atoms with Crippen LogP contribution in [0, 0.1) is 6.92 Å². The highest BCUT2D eigenvalue weighted by Crippen LogP contribution is 2.13. The third-order valence-corrected chi connectivity index (χ3v) is 3.40. The summed E-state index contributed by atoms with van der Waals surface area (Å²) in [6.45, 7) is 1.87.